The predicted molar refractivity (Wildman–Crippen MR) is 55.5 cm³/mol. The minimum absolute atomic E-state index is 0.109. The zero-order chi connectivity index (χ0) is 13.2. The largest absolute Gasteiger partial charge is 0.480 e. The van der Waals surface area contributed by atoms with Gasteiger partial charge in [0.25, 0.3) is 0 Å². The number of nitrogens with zero attached hydrogens (tertiary/aromatic N) is 1. The average Bonchev–Trinajstić information content (AvgIpc) is 2.15. The van der Waals surface area contributed by atoms with E-state index in [9.17, 15) is 18.0 Å². The van der Waals surface area contributed by atoms with Crippen molar-refractivity contribution in [1.29, 1.82) is 0 Å². The number of rotatable bonds is 3. The highest BCUT2D eigenvalue weighted by atomic mass is 19.4. The molecule has 0 amide bonds. The molecule has 6 heteroatoms. The van der Waals surface area contributed by atoms with E-state index < -0.39 is 23.8 Å². The summed E-state index contributed by atoms with van der Waals surface area (Å²) >= 11 is 0. The second-order valence-corrected chi connectivity index (χ2v) is 3.83. The first kappa shape index (κ1) is 13.5. The number of hydrogen-bond donors (Lipinski definition) is 1. The molecule has 0 aromatic heterocycles. The SMILES string of the molecule is CN(C)C(C(=O)O)c1cccc(C(F)(F)F)c1. The van der Waals surface area contributed by atoms with Crippen LogP contribution in [0.1, 0.15) is 17.2 Å². The van der Waals surface area contributed by atoms with Gasteiger partial charge in [-0.2, -0.15) is 13.2 Å². The minimum atomic E-state index is -4.47. The Kier molecular flexibility index (Phi) is 3.77. The molecular weight excluding hydrogens is 235 g/mol. The fourth-order valence-electron chi connectivity index (χ4n) is 1.55. The first-order valence-electron chi connectivity index (χ1n) is 4.80. The molecule has 0 spiro atoms. The van der Waals surface area contributed by atoms with Gasteiger partial charge < -0.3 is 5.11 Å². The van der Waals surface area contributed by atoms with Gasteiger partial charge in [-0.25, -0.2) is 0 Å². The number of carboxylic acids is 1. The molecule has 0 aliphatic heterocycles. The van der Waals surface area contributed by atoms with Crippen LogP contribution >= 0.6 is 0 Å². The van der Waals surface area contributed by atoms with Crippen molar-refractivity contribution in [1.82, 2.24) is 4.90 Å². The van der Waals surface area contributed by atoms with Crippen LogP contribution in [0.5, 0.6) is 0 Å². The lowest BCUT2D eigenvalue weighted by atomic mass is 10.0. The van der Waals surface area contributed by atoms with Crippen molar-refractivity contribution in [2.75, 3.05) is 14.1 Å². The van der Waals surface area contributed by atoms with Crippen molar-refractivity contribution < 1.29 is 23.1 Å². The van der Waals surface area contributed by atoms with Crippen molar-refractivity contribution in [2.45, 2.75) is 12.2 Å². The maximum atomic E-state index is 12.5. The Morgan fingerprint density at radius 2 is 1.94 bits per heavy atom. The van der Waals surface area contributed by atoms with Crippen LogP contribution in [0, 0.1) is 0 Å². The minimum Gasteiger partial charge on any atom is -0.480 e. The lowest BCUT2D eigenvalue weighted by Gasteiger charge is -2.21. The maximum absolute atomic E-state index is 12.5. The fraction of sp³-hybridized carbons (Fsp3) is 0.364. The molecule has 3 nitrogen and oxygen atoms in total. The molecule has 1 atom stereocenters. The van der Waals surface area contributed by atoms with Gasteiger partial charge in [0.15, 0.2) is 0 Å². The molecule has 1 aromatic carbocycles. The van der Waals surface area contributed by atoms with Gasteiger partial charge >= 0.3 is 12.1 Å². The highest BCUT2D eigenvalue weighted by Crippen LogP contribution is 2.31. The molecule has 1 N–H and O–H groups in total. The van der Waals surface area contributed by atoms with Crippen LogP contribution in [0.25, 0.3) is 0 Å². The van der Waals surface area contributed by atoms with Gasteiger partial charge in [0.05, 0.1) is 5.56 Å². The van der Waals surface area contributed by atoms with E-state index in [1.807, 2.05) is 0 Å². The van der Waals surface area contributed by atoms with Gasteiger partial charge in [0.2, 0.25) is 0 Å². The summed E-state index contributed by atoms with van der Waals surface area (Å²) in [6, 6.07) is 3.26. The summed E-state index contributed by atoms with van der Waals surface area (Å²) in [5.41, 5.74) is -0.736. The van der Waals surface area contributed by atoms with Crippen LogP contribution in [-0.2, 0) is 11.0 Å². The lowest BCUT2D eigenvalue weighted by Crippen LogP contribution is -2.27. The van der Waals surface area contributed by atoms with Crippen LogP contribution < -0.4 is 0 Å². The lowest BCUT2D eigenvalue weighted by molar-refractivity contribution is -0.143. The quantitative estimate of drug-likeness (QED) is 0.891. The van der Waals surface area contributed by atoms with Crippen molar-refractivity contribution in [3.05, 3.63) is 35.4 Å². The van der Waals surface area contributed by atoms with Gasteiger partial charge in [-0.15, -0.1) is 0 Å². The number of hydrogen-bond acceptors (Lipinski definition) is 2. The molecule has 0 fully saturated rings. The molecule has 0 aliphatic carbocycles. The molecule has 1 aromatic rings. The van der Waals surface area contributed by atoms with E-state index in [4.69, 9.17) is 5.11 Å². The van der Waals surface area contributed by atoms with Gasteiger partial charge in [0.1, 0.15) is 6.04 Å². The smallest absolute Gasteiger partial charge is 0.416 e. The molecule has 1 rings (SSSR count). The van der Waals surface area contributed by atoms with Gasteiger partial charge in [-0.05, 0) is 31.8 Å². The van der Waals surface area contributed by atoms with Crippen LogP contribution in [-0.4, -0.2) is 30.1 Å². The van der Waals surface area contributed by atoms with Gasteiger partial charge in [-0.3, -0.25) is 9.69 Å². The standard InChI is InChI=1S/C11H12F3NO2/c1-15(2)9(10(16)17)7-4-3-5-8(6-7)11(12,13)14/h3-6,9H,1-2H3,(H,16,17). The van der Waals surface area contributed by atoms with Crippen LogP contribution in [0.3, 0.4) is 0 Å². The average molecular weight is 247 g/mol. The molecular formula is C11H12F3NO2. The molecule has 94 valence electrons. The number of carboxylic acid groups (broad SMARTS) is 1. The Labute approximate surface area is 96.5 Å². The van der Waals surface area contributed by atoms with E-state index in [0.29, 0.717) is 0 Å². The zero-order valence-corrected chi connectivity index (χ0v) is 9.32. The van der Waals surface area contributed by atoms with E-state index in [1.165, 1.54) is 31.1 Å². The number of carbonyl (C=O) groups is 1. The van der Waals surface area contributed by atoms with Crippen molar-refractivity contribution in [2.24, 2.45) is 0 Å². The van der Waals surface area contributed by atoms with Crippen molar-refractivity contribution in [3.8, 4) is 0 Å². The molecule has 0 bridgehead atoms. The first-order chi connectivity index (χ1) is 7.73. The van der Waals surface area contributed by atoms with Crippen LogP contribution in [0.4, 0.5) is 13.2 Å². The Balaban J connectivity index is 3.18. The van der Waals surface area contributed by atoms with Crippen molar-refractivity contribution in [3.63, 3.8) is 0 Å². The predicted octanol–water partition coefficient (Wildman–Crippen LogP) is 2.39. The first-order valence-corrected chi connectivity index (χ1v) is 4.80. The molecule has 17 heavy (non-hydrogen) atoms. The monoisotopic (exact) mass is 247 g/mol. The maximum Gasteiger partial charge on any atom is 0.416 e. The fourth-order valence-corrected chi connectivity index (χ4v) is 1.55. The van der Waals surface area contributed by atoms with E-state index in [1.54, 1.807) is 0 Å². The zero-order valence-electron chi connectivity index (χ0n) is 9.32. The Morgan fingerprint density at radius 1 is 1.35 bits per heavy atom. The summed E-state index contributed by atoms with van der Waals surface area (Å²) in [6.45, 7) is 0. The molecule has 0 saturated carbocycles. The third-order valence-corrected chi connectivity index (χ3v) is 2.28. The van der Waals surface area contributed by atoms with Crippen LogP contribution in [0.2, 0.25) is 0 Å². The summed E-state index contributed by atoms with van der Waals surface area (Å²) in [6.07, 6.45) is -4.47. The molecule has 0 saturated heterocycles. The molecule has 0 heterocycles. The number of likely N-dealkylation sites (N-methyl/N-ethyl adjacent to an activating group) is 1. The number of alkyl halides is 3. The van der Waals surface area contributed by atoms with Crippen molar-refractivity contribution >= 4 is 5.97 Å². The summed E-state index contributed by atoms with van der Waals surface area (Å²) < 4.78 is 37.4. The summed E-state index contributed by atoms with van der Waals surface area (Å²) in [4.78, 5) is 12.3. The highest BCUT2D eigenvalue weighted by Gasteiger charge is 2.32. The van der Waals surface area contributed by atoms with E-state index in [2.05, 4.69) is 0 Å². The van der Waals surface area contributed by atoms with E-state index >= 15 is 0 Å². The number of aliphatic carboxylic acids is 1. The number of halogens is 3. The molecule has 0 aliphatic rings. The number of benzene rings is 1. The normalized spacial score (nSPS) is 13.8. The third kappa shape index (κ3) is 3.20. The van der Waals surface area contributed by atoms with Gasteiger partial charge in [0, 0.05) is 0 Å². The Hall–Kier alpha value is -1.56. The van der Waals surface area contributed by atoms with Crippen LogP contribution in [0.15, 0.2) is 24.3 Å². The summed E-state index contributed by atoms with van der Waals surface area (Å²) in [5.74, 6) is -1.19. The second-order valence-electron chi connectivity index (χ2n) is 3.83. The summed E-state index contributed by atoms with van der Waals surface area (Å²) in [5, 5.41) is 8.97. The van der Waals surface area contributed by atoms with E-state index in [0.717, 1.165) is 12.1 Å². The molecule has 0 radical (unpaired) electrons. The van der Waals surface area contributed by atoms with E-state index in [-0.39, 0.29) is 5.56 Å². The molecule has 1 unspecified atom stereocenters. The third-order valence-electron chi connectivity index (χ3n) is 2.28. The van der Waals surface area contributed by atoms with Gasteiger partial charge in [-0.1, -0.05) is 12.1 Å². The Bertz CT molecular complexity index is 415. The topological polar surface area (TPSA) is 40.5 Å². The Morgan fingerprint density at radius 3 is 2.35 bits per heavy atom. The summed E-state index contributed by atoms with van der Waals surface area (Å²) in [7, 11) is 3.00. The second kappa shape index (κ2) is 4.75. The highest BCUT2D eigenvalue weighted by molar-refractivity contribution is 5.75.